The highest BCUT2D eigenvalue weighted by Gasteiger charge is 2.34. The Labute approximate surface area is 246 Å². The van der Waals surface area contributed by atoms with Crippen LogP contribution in [0.3, 0.4) is 0 Å². The number of aliphatic hydroxyl groups is 1. The minimum Gasteiger partial charge on any atom is -0.389 e. The van der Waals surface area contributed by atoms with E-state index in [1.165, 1.54) is 4.57 Å². The molecule has 42 heavy (non-hydrogen) atoms. The molecule has 1 atom stereocenters. The Kier molecular flexibility index (Phi) is 9.39. The van der Waals surface area contributed by atoms with Crippen LogP contribution in [0.2, 0.25) is 0 Å². The van der Waals surface area contributed by atoms with Crippen LogP contribution in [0.15, 0.2) is 43.0 Å². The molecule has 1 saturated heterocycles. The molecule has 1 unspecified atom stereocenters. The van der Waals surface area contributed by atoms with Crippen LogP contribution < -0.4 is 10.2 Å². The number of fused-ring (bicyclic) bond motifs is 1. The first kappa shape index (κ1) is 30.3. The molecule has 2 fully saturated rings. The minimum absolute atomic E-state index is 0.0160. The van der Waals surface area contributed by atoms with Crippen LogP contribution in [-0.2, 0) is 4.74 Å². The molecule has 11 heteroatoms. The third-order valence-electron chi connectivity index (χ3n) is 8.74. The van der Waals surface area contributed by atoms with Gasteiger partial charge in [0.1, 0.15) is 11.6 Å². The Morgan fingerprint density at radius 1 is 1.12 bits per heavy atom. The van der Waals surface area contributed by atoms with Crippen molar-refractivity contribution in [2.45, 2.75) is 70.6 Å². The number of nitrogens with zero attached hydrogens (tertiary/aromatic N) is 6. The number of anilines is 2. The first-order chi connectivity index (χ1) is 20.2. The molecule has 1 aromatic carbocycles. The second-order valence-electron chi connectivity index (χ2n) is 12.0. The van der Waals surface area contributed by atoms with Crippen molar-refractivity contribution in [3.8, 4) is 5.82 Å². The van der Waals surface area contributed by atoms with Gasteiger partial charge in [0.25, 0.3) is 6.43 Å². The lowest BCUT2D eigenvalue weighted by Crippen LogP contribution is -2.52. The molecule has 1 aliphatic heterocycles. The second-order valence-corrected chi connectivity index (χ2v) is 12.0. The van der Waals surface area contributed by atoms with Gasteiger partial charge in [-0.25, -0.2) is 13.8 Å². The number of alkyl halides is 2. The molecule has 2 N–H and O–H groups in total. The van der Waals surface area contributed by atoms with Gasteiger partial charge in [0.15, 0.2) is 5.82 Å². The Morgan fingerprint density at radius 3 is 2.48 bits per heavy atom. The fraction of sp³-hybridized carbons (Fsp3) is 0.581. The molecule has 0 radical (unpaired) electrons. The maximum Gasteiger partial charge on any atom is 0.296 e. The number of rotatable bonds is 11. The average Bonchev–Trinajstić information content (AvgIpc) is 3.39. The van der Waals surface area contributed by atoms with Gasteiger partial charge < -0.3 is 20.1 Å². The Hall–Kier alpha value is -3.15. The Balaban J connectivity index is 1.35. The number of imidazole rings is 1. The van der Waals surface area contributed by atoms with Gasteiger partial charge in [0.05, 0.1) is 29.8 Å². The van der Waals surface area contributed by atoms with Crippen molar-refractivity contribution in [3.63, 3.8) is 0 Å². The van der Waals surface area contributed by atoms with Crippen LogP contribution in [0.5, 0.6) is 0 Å². The zero-order valence-corrected chi connectivity index (χ0v) is 24.8. The molecule has 1 saturated carbocycles. The molecule has 2 aromatic heterocycles. The zero-order chi connectivity index (χ0) is 29.9. The van der Waals surface area contributed by atoms with E-state index in [9.17, 15) is 13.9 Å². The number of aromatic nitrogens is 4. The first-order valence-electron chi connectivity index (χ1n) is 15.0. The Bertz CT molecular complexity index is 1340. The summed E-state index contributed by atoms with van der Waals surface area (Å²) in [5, 5.41) is 14.1. The fourth-order valence-corrected chi connectivity index (χ4v) is 6.10. The largest absolute Gasteiger partial charge is 0.389 e. The zero-order valence-electron chi connectivity index (χ0n) is 24.8. The predicted molar refractivity (Wildman–Crippen MR) is 162 cm³/mol. The molecule has 228 valence electrons. The summed E-state index contributed by atoms with van der Waals surface area (Å²) in [6, 6.07) is 9.28. The van der Waals surface area contributed by atoms with Crippen LogP contribution in [0.4, 0.5) is 20.5 Å². The van der Waals surface area contributed by atoms with Crippen molar-refractivity contribution >= 4 is 22.8 Å². The van der Waals surface area contributed by atoms with E-state index < -0.39 is 12.0 Å². The fourth-order valence-electron chi connectivity index (χ4n) is 6.10. The van der Waals surface area contributed by atoms with Crippen LogP contribution in [0.25, 0.3) is 16.9 Å². The summed E-state index contributed by atoms with van der Waals surface area (Å²) in [5.41, 5.74) is 0.273. The molecule has 1 aliphatic carbocycles. The SMILES string of the molecule is C=CCN(C1CCC(CNc2nc(N3CCOCC3)cc(-n3c(C(F)F)nc4ccccc43)n2)CC1)C(C)C(C)(C)O. The van der Waals surface area contributed by atoms with Crippen molar-refractivity contribution in [1.82, 2.24) is 24.4 Å². The highest BCUT2D eigenvalue weighted by molar-refractivity contribution is 5.78. The maximum atomic E-state index is 14.2. The molecule has 9 nitrogen and oxygen atoms in total. The molecule has 3 heterocycles. The number of benzene rings is 1. The summed E-state index contributed by atoms with van der Waals surface area (Å²) in [6.45, 7) is 13.6. The summed E-state index contributed by atoms with van der Waals surface area (Å²) in [4.78, 5) is 18.2. The van der Waals surface area contributed by atoms with Crippen molar-refractivity contribution in [1.29, 1.82) is 0 Å². The summed E-state index contributed by atoms with van der Waals surface area (Å²) in [7, 11) is 0. The standard InChI is InChI=1S/C31H43F2N7O2/c1-5-14-39(21(2)31(3,4)41)23-12-10-22(11-13-23)20-34-30-36-26(38-15-17-42-18-16-38)19-27(37-30)40-25-9-7-6-8-24(25)35-29(40)28(32)33/h5-9,19,21-23,28,41H,1,10-18,20H2,2-4H3,(H,34,36,37). The van der Waals surface area contributed by atoms with Crippen LogP contribution in [0, 0.1) is 5.92 Å². The van der Waals surface area contributed by atoms with Crippen molar-refractivity contribution in [2.75, 3.05) is 49.6 Å². The number of halogens is 2. The minimum atomic E-state index is -2.76. The summed E-state index contributed by atoms with van der Waals surface area (Å²) < 4.78 is 35.3. The molecular formula is C31H43F2N7O2. The van der Waals surface area contributed by atoms with Crippen molar-refractivity contribution in [3.05, 3.63) is 48.8 Å². The molecule has 5 rings (SSSR count). The van der Waals surface area contributed by atoms with E-state index in [0.29, 0.717) is 73.4 Å². The number of hydrogen-bond acceptors (Lipinski definition) is 8. The molecule has 0 bridgehead atoms. The van der Waals surface area contributed by atoms with Gasteiger partial charge in [-0.1, -0.05) is 18.2 Å². The van der Waals surface area contributed by atoms with Gasteiger partial charge in [0, 0.05) is 44.3 Å². The van der Waals surface area contributed by atoms with Crippen LogP contribution >= 0.6 is 0 Å². The van der Waals surface area contributed by atoms with E-state index in [4.69, 9.17) is 14.7 Å². The average molecular weight is 584 g/mol. The van der Waals surface area contributed by atoms with Gasteiger partial charge >= 0.3 is 0 Å². The molecule has 2 aliphatic rings. The summed E-state index contributed by atoms with van der Waals surface area (Å²) in [6.07, 6.45) is 3.27. The summed E-state index contributed by atoms with van der Waals surface area (Å²) in [5.74, 6) is 1.54. The molecule has 0 amide bonds. The number of hydrogen-bond donors (Lipinski definition) is 2. The van der Waals surface area contributed by atoms with E-state index in [1.807, 2.05) is 26.0 Å². The normalized spacial score (nSPS) is 20.8. The third-order valence-corrected chi connectivity index (χ3v) is 8.74. The van der Waals surface area contributed by atoms with Crippen LogP contribution in [-0.4, -0.2) is 86.6 Å². The summed E-state index contributed by atoms with van der Waals surface area (Å²) >= 11 is 0. The lowest BCUT2D eigenvalue weighted by atomic mass is 9.83. The van der Waals surface area contributed by atoms with Gasteiger partial charge in [-0.05, 0) is 64.5 Å². The molecule has 0 spiro atoms. The van der Waals surface area contributed by atoms with Crippen LogP contribution in [0.1, 0.15) is 58.7 Å². The van der Waals surface area contributed by atoms with E-state index in [-0.39, 0.29) is 11.9 Å². The van der Waals surface area contributed by atoms with Gasteiger partial charge in [-0.3, -0.25) is 9.47 Å². The maximum absolute atomic E-state index is 14.2. The number of ether oxygens (including phenoxy) is 1. The van der Waals surface area contributed by atoms with E-state index in [2.05, 4.69) is 33.6 Å². The topological polar surface area (TPSA) is 91.6 Å². The molecule has 3 aromatic rings. The first-order valence-corrected chi connectivity index (χ1v) is 15.0. The second kappa shape index (κ2) is 13.0. The van der Waals surface area contributed by atoms with Crippen molar-refractivity contribution in [2.24, 2.45) is 5.92 Å². The van der Waals surface area contributed by atoms with E-state index in [0.717, 1.165) is 32.2 Å². The van der Waals surface area contributed by atoms with Gasteiger partial charge in [-0.15, -0.1) is 6.58 Å². The third kappa shape index (κ3) is 6.74. The quantitative estimate of drug-likeness (QED) is 0.298. The predicted octanol–water partition coefficient (Wildman–Crippen LogP) is 5.21. The van der Waals surface area contributed by atoms with Crippen molar-refractivity contribution < 1.29 is 18.6 Å². The highest BCUT2D eigenvalue weighted by Crippen LogP contribution is 2.32. The number of para-hydroxylation sites is 2. The highest BCUT2D eigenvalue weighted by atomic mass is 19.3. The monoisotopic (exact) mass is 583 g/mol. The lowest BCUT2D eigenvalue weighted by molar-refractivity contribution is -0.0313. The number of nitrogens with one attached hydrogen (secondary N) is 1. The van der Waals surface area contributed by atoms with E-state index >= 15 is 0 Å². The van der Waals surface area contributed by atoms with Gasteiger partial charge in [0.2, 0.25) is 5.95 Å². The lowest BCUT2D eigenvalue weighted by Gasteiger charge is -2.43. The molecular weight excluding hydrogens is 540 g/mol. The number of morpholine rings is 1. The Morgan fingerprint density at radius 2 is 1.81 bits per heavy atom. The van der Waals surface area contributed by atoms with E-state index in [1.54, 1.807) is 24.3 Å². The van der Waals surface area contributed by atoms with Gasteiger partial charge in [-0.2, -0.15) is 9.97 Å². The smallest absolute Gasteiger partial charge is 0.296 e.